The molecule has 3 aliphatic carbocycles. The number of rotatable bonds is 8. The molecule has 1 N–H and O–H groups in total. The first-order chi connectivity index (χ1) is 23.2. The monoisotopic (exact) mass is 698 g/mol. The molecule has 3 fully saturated rings. The number of sulfonamides is 1. The van der Waals surface area contributed by atoms with Crippen LogP contribution in [0.25, 0.3) is 11.3 Å². The molecular weight excluding hydrogens is 653 g/mol. The number of hydrogen-bond acceptors (Lipinski definition) is 7. The minimum Gasteiger partial charge on any atom is -0.477 e. The molecule has 1 aromatic heterocycles. The van der Waals surface area contributed by atoms with E-state index in [0.717, 1.165) is 54.5 Å². The van der Waals surface area contributed by atoms with Crippen molar-refractivity contribution < 1.29 is 31.1 Å². The van der Waals surface area contributed by atoms with Crippen molar-refractivity contribution in [3.63, 3.8) is 0 Å². The number of hydrogen-bond donors (Lipinski definition) is 1. The number of anilines is 1. The molecule has 4 bridgehead atoms. The zero-order valence-electron chi connectivity index (χ0n) is 28.5. The Balaban J connectivity index is 1.26. The molecule has 2 heterocycles. The maximum absolute atomic E-state index is 14.6. The number of aryl methyl sites for hydroxylation is 2. The Morgan fingerprint density at radius 2 is 1.71 bits per heavy atom. The van der Waals surface area contributed by atoms with Crippen molar-refractivity contribution in [3.05, 3.63) is 65.2 Å². The molecule has 1 unspecified atom stereocenters. The molecule has 3 saturated carbocycles. The fourth-order valence-corrected chi connectivity index (χ4v) is 9.93. The molecule has 3 aromatic rings. The van der Waals surface area contributed by atoms with Crippen LogP contribution in [0.4, 0.5) is 19.1 Å². The largest absolute Gasteiger partial charge is 0.477 e. The van der Waals surface area contributed by atoms with Gasteiger partial charge in [-0.3, -0.25) is 0 Å². The van der Waals surface area contributed by atoms with Crippen LogP contribution in [0.5, 0.6) is 5.88 Å². The molecule has 0 amide bonds. The number of fused-ring (bicyclic) bond motifs is 4. The van der Waals surface area contributed by atoms with Crippen LogP contribution >= 0.6 is 0 Å². The summed E-state index contributed by atoms with van der Waals surface area (Å²) < 4.78 is 85.5. The van der Waals surface area contributed by atoms with Crippen molar-refractivity contribution in [1.29, 1.82) is 0 Å². The van der Waals surface area contributed by atoms with E-state index in [1.165, 1.54) is 6.07 Å². The summed E-state index contributed by atoms with van der Waals surface area (Å²) in [4.78, 5) is 11.4. The van der Waals surface area contributed by atoms with E-state index in [4.69, 9.17) is 9.47 Å². The zero-order valence-corrected chi connectivity index (χ0v) is 29.3. The summed E-state index contributed by atoms with van der Waals surface area (Å²) in [5.41, 5.74) is 2.32. The van der Waals surface area contributed by atoms with Gasteiger partial charge in [-0.15, -0.1) is 0 Å². The van der Waals surface area contributed by atoms with Crippen LogP contribution in [-0.4, -0.2) is 69.4 Å². The second kappa shape index (κ2) is 12.5. The minimum absolute atomic E-state index is 0.0218. The zero-order chi connectivity index (χ0) is 34.8. The van der Waals surface area contributed by atoms with E-state index in [2.05, 4.69) is 26.6 Å². The van der Waals surface area contributed by atoms with Gasteiger partial charge in [0.1, 0.15) is 0 Å². The van der Waals surface area contributed by atoms with Gasteiger partial charge >= 0.3 is 6.18 Å². The summed E-state index contributed by atoms with van der Waals surface area (Å²) in [6, 6.07) is 14.7. The summed E-state index contributed by atoms with van der Waals surface area (Å²) in [6.45, 7) is 5.43. The molecule has 7 rings (SSSR count). The number of aromatic nitrogens is 2. The average Bonchev–Trinajstić information content (AvgIpc) is 3.79. The molecular formula is C37H45F3N4O4S. The maximum atomic E-state index is 14.6. The number of ether oxygens (including phenoxy) is 2. The third kappa shape index (κ3) is 6.56. The van der Waals surface area contributed by atoms with Crippen molar-refractivity contribution in [3.8, 4) is 17.1 Å². The molecule has 2 atom stereocenters. The van der Waals surface area contributed by atoms with Gasteiger partial charge in [-0.2, -0.15) is 18.2 Å². The van der Waals surface area contributed by atoms with Crippen molar-refractivity contribution in [2.75, 3.05) is 38.6 Å². The molecule has 264 valence electrons. The van der Waals surface area contributed by atoms with Crippen LogP contribution in [0, 0.1) is 36.5 Å². The van der Waals surface area contributed by atoms with E-state index in [1.807, 2.05) is 38.1 Å². The predicted molar refractivity (Wildman–Crippen MR) is 181 cm³/mol. The number of methoxy groups -OCH3 is 1. The van der Waals surface area contributed by atoms with Crippen molar-refractivity contribution in [2.45, 2.75) is 81.8 Å². The summed E-state index contributed by atoms with van der Waals surface area (Å²) in [5, 5.41) is 0. The Bertz CT molecular complexity index is 1800. The Labute approximate surface area is 286 Å². The number of nitrogens with zero attached hydrogens (tertiary/aromatic N) is 3. The van der Waals surface area contributed by atoms with E-state index in [9.17, 15) is 21.6 Å². The number of halogens is 3. The fourth-order valence-electron chi connectivity index (χ4n) is 8.94. The first-order valence-corrected chi connectivity index (χ1v) is 18.7. The minimum atomic E-state index is -4.33. The molecule has 1 aliphatic heterocycles. The van der Waals surface area contributed by atoms with E-state index in [0.29, 0.717) is 18.3 Å². The highest BCUT2D eigenvalue weighted by molar-refractivity contribution is 7.92. The van der Waals surface area contributed by atoms with Gasteiger partial charge in [-0.05, 0) is 112 Å². The van der Waals surface area contributed by atoms with Gasteiger partial charge in [-0.1, -0.05) is 30.3 Å². The highest BCUT2D eigenvalue weighted by Gasteiger charge is 2.64. The number of benzene rings is 2. The highest BCUT2D eigenvalue weighted by atomic mass is 32.2. The number of nitrogens with one attached hydrogen (secondary N) is 1. The van der Waals surface area contributed by atoms with E-state index in [-0.39, 0.29) is 59.8 Å². The SMILES string of the molecule is COCCN(C)C1CC2(CC(C3c4cccc(c4)S(=O)(=O)Nc4nc(cc(-c5c(C)cccc5C)n4)OC[C@H]3CC3(C(F)(F)F)CC3)C2)C1. The van der Waals surface area contributed by atoms with Crippen molar-refractivity contribution in [2.24, 2.45) is 22.7 Å². The molecule has 4 aliphatic rings. The van der Waals surface area contributed by atoms with Gasteiger partial charge < -0.3 is 14.4 Å². The third-order valence-corrected chi connectivity index (χ3v) is 13.1. The van der Waals surface area contributed by atoms with Gasteiger partial charge in [0.25, 0.3) is 10.0 Å². The Morgan fingerprint density at radius 3 is 2.37 bits per heavy atom. The van der Waals surface area contributed by atoms with E-state index < -0.39 is 27.5 Å². The Kier molecular flexibility index (Phi) is 8.75. The van der Waals surface area contributed by atoms with Gasteiger partial charge in [0.15, 0.2) is 0 Å². The summed E-state index contributed by atoms with van der Waals surface area (Å²) in [7, 11) is -0.321. The highest BCUT2D eigenvalue weighted by Crippen LogP contribution is 2.66. The molecule has 2 aromatic carbocycles. The lowest BCUT2D eigenvalue weighted by Gasteiger charge is -2.62. The lowest BCUT2D eigenvalue weighted by molar-refractivity contribution is -0.194. The topological polar surface area (TPSA) is 93.7 Å². The second-order valence-corrected chi connectivity index (χ2v) is 16.8. The number of alkyl halides is 3. The van der Waals surface area contributed by atoms with Gasteiger partial charge in [0, 0.05) is 37.2 Å². The van der Waals surface area contributed by atoms with Crippen molar-refractivity contribution >= 4 is 16.0 Å². The van der Waals surface area contributed by atoms with Crippen LogP contribution in [0.2, 0.25) is 0 Å². The average molecular weight is 699 g/mol. The van der Waals surface area contributed by atoms with Crippen molar-refractivity contribution in [1.82, 2.24) is 14.9 Å². The summed E-state index contributed by atoms with van der Waals surface area (Å²) in [5.74, 6) is -0.757. The standard InChI is InChI=1S/C37H45F3N4O4S/c1-23-7-5-8-24(2)32(23)30-16-31-42-34(41-30)43-49(45,46)29-10-6-9-25(15-29)33(27(22-48-31)19-36(11-12-36)37(38,39)40)26-17-35(18-26)20-28(21-35)44(3)13-14-47-4/h5-10,15-16,26-28,33H,11-14,17-22H2,1-4H3,(H,41,42,43)/t26?,27-,28?,33?,35?/m1/s1. The second-order valence-electron chi connectivity index (χ2n) is 15.1. The first-order valence-electron chi connectivity index (χ1n) is 17.2. The molecule has 8 nitrogen and oxygen atoms in total. The lowest BCUT2D eigenvalue weighted by Crippen LogP contribution is -2.57. The first kappa shape index (κ1) is 34.2. The smallest absolute Gasteiger partial charge is 0.394 e. The van der Waals surface area contributed by atoms with Gasteiger partial charge in [0.05, 0.1) is 29.2 Å². The fraction of sp³-hybridized carbons (Fsp3) is 0.568. The quantitative estimate of drug-likeness (QED) is 0.260. The molecule has 49 heavy (non-hydrogen) atoms. The Morgan fingerprint density at radius 1 is 1.02 bits per heavy atom. The molecule has 0 saturated heterocycles. The molecule has 12 heteroatoms. The van der Waals surface area contributed by atoms with E-state index in [1.54, 1.807) is 25.3 Å². The van der Waals surface area contributed by atoms with Crippen LogP contribution in [0.15, 0.2) is 53.4 Å². The number of likely N-dealkylation sites (N-methyl/N-ethyl adjacent to an activating group) is 1. The van der Waals surface area contributed by atoms with Crippen LogP contribution in [-0.2, 0) is 14.8 Å². The third-order valence-electron chi connectivity index (χ3n) is 11.8. The van der Waals surface area contributed by atoms with Crippen LogP contribution < -0.4 is 9.46 Å². The normalized spacial score (nSPS) is 28.3. The maximum Gasteiger partial charge on any atom is 0.394 e. The molecule has 0 radical (unpaired) electrons. The van der Waals surface area contributed by atoms with Crippen LogP contribution in [0.1, 0.15) is 67.6 Å². The Hall–Kier alpha value is -3.22. The molecule has 1 spiro atoms. The predicted octanol–water partition coefficient (Wildman–Crippen LogP) is 7.52. The van der Waals surface area contributed by atoms with Gasteiger partial charge in [-0.25, -0.2) is 18.1 Å². The summed E-state index contributed by atoms with van der Waals surface area (Å²) in [6.07, 6.45) is -0.336. The lowest BCUT2D eigenvalue weighted by atomic mass is 9.46. The summed E-state index contributed by atoms with van der Waals surface area (Å²) >= 11 is 0. The van der Waals surface area contributed by atoms with Gasteiger partial charge in [0.2, 0.25) is 11.8 Å². The van der Waals surface area contributed by atoms with E-state index >= 15 is 0 Å². The van der Waals surface area contributed by atoms with Crippen LogP contribution in [0.3, 0.4) is 0 Å².